The van der Waals surface area contributed by atoms with Gasteiger partial charge in [-0.2, -0.15) is 0 Å². The largest absolute Gasteiger partial charge is 0.494 e. The van der Waals surface area contributed by atoms with Crippen molar-refractivity contribution in [2.24, 2.45) is 0 Å². The van der Waals surface area contributed by atoms with Crippen LogP contribution in [0.3, 0.4) is 0 Å². The molecule has 2 unspecified atom stereocenters. The lowest BCUT2D eigenvalue weighted by Gasteiger charge is -2.16. The molecule has 12 heteroatoms. The third kappa shape index (κ3) is 4.19. The zero-order chi connectivity index (χ0) is 24.0. The molecule has 2 heterocycles. The molecule has 5 rings (SSSR count). The van der Waals surface area contributed by atoms with E-state index >= 15 is 0 Å². The quantitative estimate of drug-likeness (QED) is 0.273. The van der Waals surface area contributed by atoms with Gasteiger partial charge in [-0.15, -0.1) is 5.10 Å². The molecule has 0 radical (unpaired) electrons. The maximum absolute atomic E-state index is 14.2. The fraction of sp³-hybridized carbons (Fsp3) is 0.545. The minimum absolute atomic E-state index is 0.0424. The van der Waals surface area contributed by atoms with Crippen molar-refractivity contribution >= 4 is 28.7 Å². The Morgan fingerprint density at radius 2 is 2.03 bits per heavy atom. The van der Waals surface area contributed by atoms with Crippen LogP contribution in [0.25, 0.3) is 11.2 Å². The maximum atomic E-state index is 14.2. The second-order valence-electron chi connectivity index (χ2n) is 8.75. The molecule has 2 aliphatic carbocycles. The molecule has 1 aromatic carbocycles. The van der Waals surface area contributed by atoms with Crippen LogP contribution in [0.15, 0.2) is 23.4 Å². The monoisotopic (exact) mass is 490 g/mol. The van der Waals surface area contributed by atoms with Crippen molar-refractivity contribution in [3.8, 4) is 5.75 Å². The molecule has 0 saturated heterocycles. The second kappa shape index (κ2) is 9.25. The molecule has 0 aliphatic heterocycles. The molecule has 34 heavy (non-hydrogen) atoms. The van der Waals surface area contributed by atoms with Crippen molar-refractivity contribution < 1.29 is 24.4 Å². The number of benzene rings is 1. The number of nitrogens with one attached hydrogen (secondary N) is 1. The molecule has 10 nitrogen and oxygen atoms in total. The van der Waals surface area contributed by atoms with Gasteiger partial charge in [-0.1, -0.05) is 30.0 Å². The van der Waals surface area contributed by atoms with E-state index in [1.807, 2.05) is 6.07 Å². The predicted molar refractivity (Wildman–Crippen MR) is 124 cm³/mol. The van der Waals surface area contributed by atoms with Crippen molar-refractivity contribution in [3.63, 3.8) is 0 Å². The van der Waals surface area contributed by atoms with Gasteiger partial charge in [0.15, 0.2) is 33.7 Å². The number of rotatable bonds is 8. The van der Waals surface area contributed by atoms with Crippen molar-refractivity contribution in [1.82, 2.24) is 25.0 Å². The van der Waals surface area contributed by atoms with E-state index < -0.39 is 30.2 Å². The topological polar surface area (TPSA) is 138 Å². The van der Waals surface area contributed by atoms with Crippen LogP contribution >= 0.6 is 11.8 Å². The summed E-state index contributed by atoms with van der Waals surface area (Å²) in [6.45, 7) is 2.07. The number of nitrogens with zero attached hydrogens (tertiary/aromatic N) is 5. The average Bonchev–Trinajstić information content (AvgIpc) is 3.39. The molecule has 4 N–H and O–H groups in total. The molecule has 2 fully saturated rings. The number of fused-ring (bicyclic) bond motifs is 1. The molecule has 182 valence electrons. The number of aliphatic hydroxyl groups excluding tert-OH is 3. The van der Waals surface area contributed by atoms with Crippen LogP contribution in [-0.4, -0.2) is 77.5 Å². The predicted octanol–water partition coefficient (Wildman–Crippen LogP) is 1.87. The molecule has 3 aromatic rings. The lowest BCUT2D eigenvalue weighted by Crippen LogP contribution is -2.31. The van der Waals surface area contributed by atoms with Gasteiger partial charge in [0.1, 0.15) is 12.2 Å². The molecule has 2 aliphatic rings. The molecule has 6 atom stereocenters. The second-order valence-corrected chi connectivity index (χ2v) is 9.81. The van der Waals surface area contributed by atoms with Crippen LogP contribution in [-0.2, 0) is 0 Å². The first-order valence-electron chi connectivity index (χ1n) is 11.3. The van der Waals surface area contributed by atoms with Crippen molar-refractivity contribution in [2.75, 3.05) is 18.2 Å². The summed E-state index contributed by atoms with van der Waals surface area (Å²) in [4.78, 5) is 9.26. The van der Waals surface area contributed by atoms with E-state index in [-0.39, 0.29) is 24.1 Å². The van der Waals surface area contributed by atoms with Crippen molar-refractivity contribution in [2.45, 2.75) is 67.7 Å². The van der Waals surface area contributed by atoms with Gasteiger partial charge in [0.25, 0.3) is 0 Å². The maximum Gasteiger partial charge on any atom is 0.191 e. The minimum Gasteiger partial charge on any atom is -0.494 e. The molecular weight excluding hydrogens is 463 g/mol. The number of aromatic nitrogens is 5. The van der Waals surface area contributed by atoms with Crippen molar-refractivity contribution in [1.29, 1.82) is 0 Å². The highest BCUT2D eigenvalue weighted by Gasteiger charge is 2.44. The van der Waals surface area contributed by atoms with E-state index in [2.05, 4.69) is 32.5 Å². The highest BCUT2D eigenvalue weighted by Crippen LogP contribution is 2.44. The van der Waals surface area contributed by atoms with Crippen LogP contribution < -0.4 is 10.1 Å². The number of hydrogen-bond donors (Lipinski definition) is 4. The smallest absolute Gasteiger partial charge is 0.191 e. The van der Waals surface area contributed by atoms with Gasteiger partial charge in [0, 0.05) is 24.1 Å². The van der Waals surface area contributed by atoms with E-state index in [4.69, 9.17) is 4.74 Å². The van der Waals surface area contributed by atoms with Gasteiger partial charge in [-0.3, -0.25) is 0 Å². The average molecular weight is 491 g/mol. The molecule has 2 saturated carbocycles. The van der Waals surface area contributed by atoms with E-state index in [1.54, 1.807) is 6.07 Å². The zero-order valence-electron chi connectivity index (χ0n) is 18.8. The number of halogens is 1. The van der Waals surface area contributed by atoms with Crippen LogP contribution in [0.2, 0.25) is 0 Å². The van der Waals surface area contributed by atoms with E-state index in [9.17, 15) is 19.7 Å². The standard InChI is InChI=1S/C22H27FN6O4S/c1-3-6-34-22-25-20(24-13-8-11(13)10-4-5-16(33-2)12(23)7-10)17-21(26-22)29(28-27-17)14-9-15(30)19(32)18(14)31/h4-5,7,11,13-15,18-19,30-32H,3,6,8-9H2,1-2H3,(H,24,25,26)/t11?,13?,14-,15+,18+,19-/m1/s1. The Morgan fingerprint density at radius 3 is 2.71 bits per heavy atom. The lowest BCUT2D eigenvalue weighted by molar-refractivity contribution is -0.0253. The SMILES string of the molecule is CCCSc1nc(NC2CC2c2ccc(OC)c(F)c2)c2nnn([C@@H]3C[C@H](O)[C@@H](O)[C@H]3O)c2n1. The summed E-state index contributed by atoms with van der Waals surface area (Å²) in [5, 5.41) is 42.8. The van der Waals surface area contributed by atoms with Crippen LogP contribution in [0.4, 0.5) is 10.2 Å². The molecule has 0 amide bonds. The first kappa shape index (κ1) is 23.2. The van der Waals surface area contributed by atoms with Gasteiger partial charge in [-0.25, -0.2) is 19.0 Å². The Labute approximate surface area is 199 Å². The number of aliphatic hydroxyl groups is 3. The number of hydrogen-bond acceptors (Lipinski definition) is 10. The van der Waals surface area contributed by atoms with Crippen LogP contribution in [0.1, 0.15) is 43.7 Å². The first-order valence-corrected chi connectivity index (χ1v) is 12.3. The normalized spacial score (nSPS) is 28.4. The molecular formula is C22H27FN6O4S. The molecule has 0 bridgehead atoms. The number of ether oxygens (including phenoxy) is 1. The summed E-state index contributed by atoms with van der Waals surface area (Å²) in [5.74, 6) is 1.28. The van der Waals surface area contributed by atoms with Gasteiger partial charge >= 0.3 is 0 Å². The van der Waals surface area contributed by atoms with Gasteiger partial charge in [0.05, 0.1) is 19.3 Å². The Kier molecular flexibility index (Phi) is 6.32. The van der Waals surface area contributed by atoms with Crippen molar-refractivity contribution in [3.05, 3.63) is 29.6 Å². The molecule has 0 spiro atoms. The third-order valence-electron chi connectivity index (χ3n) is 6.39. The summed E-state index contributed by atoms with van der Waals surface area (Å²) < 4.78 is 20.6. The van der Waals surface area contributed by atoms with Gasteiger partial charge < -0.3 is 25.4 Å². The first-order chi connectivity index (χ1) is 16.4. The third-order valence-corrected chi connectivity index (χ3v) is 7.44. The summed E-state index contributed by atoms with van der Waals surface area (Å²) >= 11 is 1.50. The summed E-state index contributed by atoms with van der Waals surface area (Å²) in [6, 6.07) is 4.38. The van der Waals surface area contributed by atoms with E-state index in [0.717, 1.165) is 24.2 Å². The number of methoxy groups -OCH3 is 1. The van der Waals surface area contributed by atoms with Crippen LogP contribution in [0.5, 0.6) is 5.75 Å². The van der Waals surface area contributed by atoms with E-state index in [0.29, 0.717) is 22.1 Å². The Hall–Kier alpha value is -2.54. The van der Waals surface area contributed by atoms with E-state index in [1.165, 1.54) is 29.6 Å². The fourth-order valence-electron chi connectivity index (χ4n) is 4.43. The lowest BCUT2D eigenvalue weighted by atomic mass is 10.1. The summed E-state index contributed by atoms with van der Waals surface area (Å²) in [6.07, 6.45) is -1.60. The summed E-state index contributed by atoms with van der Waals surface area (Å²) in [5.41, 5.74) is 1.74. The highest BCUT2D eigenvalue weighted by atomic mass is 32.2. The summed E-state index contributed by atoms with van der Waals surface area (Å²) in [7, 11) is 1.44. The Balaban J connectivity index is 1.44. The number of thioether (sulfide) groups is 1. The van der Waals surface area contributed by atoms with Crippen LogP contribution in [0, 0.1) is 5.82 Å². The fourth-order valence-corrected chi connectivity index (χ4v) is 5.12. The molecule has 2 aromatic heterocycles. The Morgan fingerprint density at radius 1 is 1.21 bits per heavy atom. The highest BCUT2D eigenvalue weighted by molar-refractivity contribution is 7.99. The van der Waals surface area contributed by atoms with Gasteiger partial charge in [0.2, 0.25) is 0 Å². The zero-order valence-corrected chi connectivity index (χ0v) is 19.6. The minimum atomic E-state index is -1.25. The number of anilines is 1. The van der Waals surface area contributed by atoms with Gasteiger partial charge in [-0.05, 0) is 30.5 Å². The Bertz CT molecular complexity index is 1200.